The standard InChI is InChI=1S/C23H23N5O4/c1-23(2)31-18-16(11-29-15-7-3-5-13-6-4-9-25-17(13)15)30-22(19(18)32-23)28-10-8-14-20(24)26-12-27-21(14)28/h3-10,12,16,18-19,22H,11H2,1-2H3,(H2,24,26,27)/t16-,18-,19-,22-/m1/s1. The molecule has 9 heteroatoms. The lowest BCUT2D eigenvalue weighted by Gasteiger charge is -2.25. The molecule has 0 amide bonds. The highest BCUT2D eigenvalue weighted by Gasteiger charge is 2.56. The summed E-state index contributed by atoms with van der Waals surface area (Å²) in [6, 6.07) is 11.7. The molecule has 0 spiro atoms. The molecule has 4 aromatic rings. The van der Waals surface area contributed by atoms with Gasteiger partial charge in [-0.05, 0) is 32.0 Å². The van der Waals surface area contributed by atoms with Crippen LogP contribution >= 0.6 is 0 Å². The number of nitrogens with zero attached hydrogens (tertiary/aromatic N) is 4. The number of aromatic nitrogens is 4. The molecule has 6 rings (SSSR count). The van der Waals surface area contributed by atoms with Crippen LogP contribution in [0.4, 0.5) is 5.82 Å². The van der Waals surface area contributed by atoms with Crippen LogP contribution in [-0.2, 0) is 14.2 Å². The second-order valence-electron chi connectivity index (χ2n) is 8.49. The third kappa shape index (κ3) is 3.09. The van der Waals surface area contributed by atoms with E-state index in [9.17, 15) is 0 Å². The van der Waals surface area contributed by atoms with E-state index in [1.807, 2.05) is 61.0 Å². The number of para-hydroxylation sites is 1. The Morgan fingerprint density at radius 2 is 1.91 bits per heavy atom. The van der Waals surface area contributed by atoms with Gasteiger partial charge in [0.2, 0.25) is 0 Å². The summed E-state index contributed by atoms with van der Waals surface area (Å²) in [5.41, 5.74) is 7.52. The average molecular weight is 433 g/mol. The summed E-state index contributed by atoms with van der Waals surface area (Å²) >= 11 is 0. The molecule has 1 aromatic carbocycles. The first-order valence-corrected chi connectivity index (χ1v) is 10.5. The molecule has 0 saturated carbocycles. The monoisotopic (exact) mass is 433 g/mol. The Labute approximate surface area is 184 Å². The molecule has 5 heterocycles. The van der Waals surface area contributed by atoms with Crippen molar-refractivity contribution in [3.05, 3.63) is 55.1 Å². The number of rotatable bonds is 4. The smallest absolute Gasteiger partial charge is 0.164 e. The number of ether oxygens (including phenoxy) is 4. The van der Waals surface area contributed by atoms with Crippen molar-refractivity contribution in [2.45, 2.75) is 44.2 Å². The molecule has 3 aromatic heterocycles. The molecule has 0 unspecified atom stereocenters. The van der Waals surface area contributed by atoms with E-state index >= 15 is 0 Å². The van der Waals surface area contributed by atoms with E-state index < -0.39 is 12.0 Å². The Hall–Kier alpha value is -3.27. The predicted molar refractivity (Wildman–Crippen MR) is 117 cm³/mol. The van der Waals surface area contributed by atoms with Crippen LogP contribution in [0, 0.1) is 0 Å². The number of hydrogen-bond donors (Lipinski definition) is 1. The summed E-state index contributed by atoms with van der Waals surface area (Å²) in [6.07, 6.45) is 3.70. The molecular formula is C23H23N5O4. The molecule has 2 aliphatic rings. The van der Waals surface area contributed by atoms with E-state index in [1.54, 1.807) is 6.20 Å². The van der Waals surface area contributed by atoms with E-state index in [1.165, 1.54) is 6.33 Å². The molecule has 0 bridgehead atoms. The van der Waals surface area contributed by atoms with Crippen molar-refractivity contribution in [3.8, 4) is 5.75 Å². The second kappa shape index (κ2) is 7.13. The van der Waals surface area contributed by atoms with Crippen LogP contribution in [0.3, 0.4) is 0 Å². The zero-order valence-electron chi connectivity index (χ0n) is 17.7. The fourth-order valence-electron chi connectivity index (χ4n) is 4.58. The third-order valence-electron chi connectivity index (χ3n) is 5.94. The molecule has 2 saturated heterocycles. The van der Waals surface area contributed by atoms with Crippen LogP contribution in [0.1, 0.15) is 20.1 Å². The number of fused-ring (bicyclic) bond motifs is 3. The highest BCUT2D eigenvalue weighted by atomic mass is 16.8. The van der Waals surface area contributed by atoms with Crippen LogP contribution < -0.4 is 10.5 Å². The van der Waals surface area contributed by atoms with E-state index in [0.717, 1.165) is 16.3 Å². The van der Waals surface area contributed by atoms with Crippen molar-refractivity contribution < 1.29 is 18.9 Å². The second-order valence-corrected chi connectivity index (χ2v) is 8.49. The molecule has 4 atom stereocenters. The fraction of sp³-hybridized carbons (Fsp3) is 0.348. The Balaban J connectivity index is 1.31. The number of nitrogen functional groups attached to an aromatic ring is 1. The summed E-state index contributed by atoms with van der Waals surface area (Å²) < 4.78 is 27.0. The Morgan fingerprint density at radius 1 is 1.06 bits per heavy atom. The van der Waals surface area contributed by atoms with Gasteiger partial charge in [0.15, 0.2) is 12.0 Å². The van der Waals surface area contributed by atoms with Gasteiger partial charge in [-0.1, -0.05) is 18.2 Å². The largest absolute Gasteiger partial charge is 0.488 e. The van der Waals surface area contributed by atoms with Crippen LogP contribution in [0.15, 0.2) is 55.1 Å². The highest BCUT2D eigenvalue weighted by Crippen LogP contribution is 2.44. The maximum absolute atomic E-state index is 6.41. The Morgan fingerprint density at radius 3 is 2.81 bits per heavy atom. The quantitative estimate of drug-likeness (QED) is 0.523. The lowest BCUT2D eigenvalue weighted by atomic mass is 10.1. The Bertz CT molecular complexity index is 1300. The van der Waals surface area contributed by atoms with Crippen molar-refractivity contribution >= 4 is 27.8 Å². The van der Waals surface area contributed by atoms with Gasteiger partial charge in [-0.15, -0.1) is 0 Å². The van der Waals surface area contributed by atoms with Crippen LogP contribution in [0.5, 0.6) is 5.75 Å². The molecule has 0 aliphatic carbocycles. The van der Waals surface area contributed by atoms with Gasteiger partial charge in [0.25, 0.3) is 0 Å². The summed E-state index contributed by atoms with van der Waals surface area (Å²) in [5, 5.41) is 1.79. The van der Waals surface area contributed by atoms with E-state index in [4.69, 9.17) is 24.7 Å². The minimum atomic E-state index is -0.729. The first-order chi connectivity index (χ1) is 15.5. The van der Waals surface area contributed by atoms with Gasteiger partial charge in [-0.2, -0.15) is 0 Å². The van der Waals surface area contributed by atoms with Gasteiger partial charge >= 0.3 is 0 Å². The number of hydrogen-bond acceptors (Lipinski definition) is 8. The van der Waals surface area contributed by atoms with E-state index in [2.05, 4.69) is 15.0 Å². The van der Waals surface area contributed by atoms with E-state index in [-0.39, 0.29) is 18.3 Å². The maximum Gasteiger partial charge on any atom is 0.164 e. The van der Waals surface area contributed by atoms with Crippen molar-refractivity contribution in [1.82, 2.24) is 19.5 Å². The molecule has 0 radical (unpaired) electrons. The molecule has 32 heavy (non-hydrogen) atoms. The highest BCUT2D eigenvalue weighted by molar-refractivity contribution is 5.86. The normalized spacial score (nSPS) is 26.6. The first kappa shape index (κ1) is 19.4. The molecule has 2 aliphatic heterocycles. The molecule has 9 nitrogen and oxygen atoms in total. The number of anilines is 1. The third-order valence-corrected chi connectivity index (χ3v) is 5.94. The molecule has 2 N–H and O–H groups in total. The van der Waals surface area contributed by atoms with Crippen LogP contribution in [0.2, 0.25) is 0 Å². The van der Waals surface area contributed by atoms with Gasteiger partial charge in [-0.25, -0.2) is 9.97 Å². The topological polar surface area (TPSA) is 107 Å². The summed E-state index contributed by atoms with van der Waals surface area (Å²) in [7, 11) is 0. The SMILES string of the molecule is CC1(C)O[C@@H]2[C@H](O1)[C@@H](COc1cccc3cccnc13)O[C@H]2n1ccc2c(N)ncnc21. The number of benzene rings is 1. The van der Waals surface area contributed by atoms with Gasteiger partial charge < -0.3 is 29.2 Å². The molecule has 2 fully saturated rings. The van der Waals surface area contributed by atoms with Crippen molar-refractivity contribution in [2.24, 2.45) is 0 Å². The van der Waals surface area contributed by atoms with Gasteiger partial charge in [-0.3, -0.25) is 4.98 Å². The van der Waals surface area contributed by atoms with Crippen LogP contribution in [-0.4, -0.2) is 50.2 Å². The van der Waals surface area contributed by atoms with Crippen molar-refractivity contribution in [1.29, 1.82) is 0 Å². The minimum absolute atomic E-state index is 0.295. The first-order valence-electron chi connectivity index (χ1n) is 10.5. The zero-order valence-corrected chi connectivity index (χ0v) is 17.7. The van der Waals surface area contributed by atoms with Gasteiger partial charge in [0.05, 0.1) is 5.39 Å². The van der Waals surface area contributed by atoms with Crippen molar-refractivity contribution in [3.63, 3.8) is 0 Å². The van der Waals surface area contributed by atoms with E-state index in [0.29, 0.717) is 23.8 Å². The fourth-order valence-corrected chi connectivity index (χ4v) is 4.58. The van der Waals surface area contributed by atoms with Gasteiger partial charge in [0, 0.05) is 17.8 Å². The number of nitrogens with two attached hydrogens (primary N) is 1. The molecular weight excluding hydrogens is 410 g/mol. The predicted octanol–water partition coefficient (Wildman–Crippen LogP) is 3.06. The van der Waals surface area contributed by atoms with Crippen LogP contribution in [0.25, 0.3) is 21.9 Å². The van der Waals surface area contributed by atoms with Gasteiger partial charge in [0.1, 0.15) is 54.0 Å². The number of pyridine rings is 1. The summed E-state index contributed by atoms with van der Waals surface area (Å²) in [6.45, 7) is 4.11. The lowest BCUT2D eigenvalue weighted by molar-refractivity contribution is -0.198. The minimum Gasteiger partial charge on any atom is -0.488 e. The maximum atomic E-state index is 6.41. The summed E-state index contributed by atoms with van der Waals surface area (Å²) in [5.74, 6) is 0.403. The summed E-state index contributed by atoms with van der Waals surface area (Å²) in [4.78, 5) is 12.9. The lowest BCUT2D eigenvalue weighted by Crippen LogP contribution is -2.34. The zero-order chi connectivity index (χ0) is 21.9. The average Bonchev–Trinajstić information content (AvgIpc) is 3.44. The molecule has 164 valence electrons. The Kier molecular flexibility index (Phi) is 4.32. The van der Waals surface area contributed by atoms with Crippen molar-refractivity contribution in [2.75, 3.05) is 12.3 Å².